The van der Waals surface area contributed by atoms with Crippen LogP contribution in [0.15, 0.2) is 0 Å². The van der Waals surface area contributed by atoms with Gasteiger partial charge >= 0.3 is 0 Å². The van der Waals surface area contributed by atoms with E-state index < -0.39 is 5.91 Å². The van der Waals surface area contributed by atoms with Gasteiger partial charge in [0.25, 0.3) is 0 Å². The average Bonchev–Trinajstić information content (AvgIpc) is 1.89. The normalized spacial score (nSPS) is 17.3. The quantitative estimate of drug-likeness (QED) is 0.542. The third-order valence-electron chi connectivity index (χ3n) is 1.27. The molecule has 3 heteroatoms. The number of hydrogen-bond donors (Lipinski definition) is 2. The molecule has 0 bridgehead atoms. The molecule has 9 heavy (non-hydrogen) atoms. The highest BCUT2D eigenvalue weighted by molar-refractivity contribution is 4.58. The van der Waals surface area contributed by atoms with Crippen LogP contribution < -0.4 is 5.32 Å². The highest BCUT2D eigenvalue weighted by atomic mass is 16.6. The van der Waals surface area contributed by atoms with Gasteiger partial charge in [-0.15, -0.1) is 0 Å². The largest absolute Gasteiger partial charge is 0.353 e. The van der Waals surface area contributed by atoms with Gasteiger partial charge in [-0.1, -0.05) is 13.8 Å². The Balaban J connectivity index is 3.62. The molecule has 0 saturated carbocycles. The minimum Gasteiger partial charge on any atom is -0.353 e. The van der Waals surface area contributed by atoms with E-state index in [1.807, 2.05) is 13.8 Å². The zero-order valence-corrected chi connectivity index (χ0v) is 6.27. The number of ether oxygens (including phenoxy) is 1. The predicted octanol–water partition coefficient (Wildman–Crippen LogP) is 0.298. The molecule has 1 atom stereocenters. The third kappa shape index (κ3) is 2.79. The van der Waals surface area contributed by atoms with Crippen molar-refractivity contribution >= 4 is 0 Å². The minimum atomic E-state index is -1.12. The van der Waals surface area contributed by atoms with Crippen LogP contribution in [0.3, 0.4) is 0 Å². The molecule has 1 unspecified atom stereocenters. The standard InChI is InChI=1S/C6H15NO2/c1-4-6(8,9-3)7-5-2/h7-8H,4-5H2,1-3H3. The maximum absolute atomic E-state index is 9.30. The van der Waals surface area contributed by atoms with Crippen molar-refractivity contribution in [1.82, 2.24) is 5.32 Å². The number of hydrogen-bond acceptors (Lipinski definition) is 3. The topological polar surface area (TPSA) is 41.5 Å². The molecule has 0 aromatic carbocycles. The fourth-order valence-corrected chi connectivity index (χ4v) is 0.618. The fourth-order valence-electron chi connectivity index (χ4n) is 0.618. The number of aliphatic hydroxyl groups is 1. The lowest BCUT2D eigenvalue weighted by molar-refractivity contribution is -0.208. The Bertz CT molecular complexity index is 71.5. The summed E-state index contributed by atoms with van der Waals surface area (Å²) in [4.78, 5) is 0. The first kappa shape index (κ1) is 8.88. The van der Waals surface area contributed by atoms with E-state index in [9.17, 15) is 5.11 Å². The Morgan fingerprint density at radius 1 is 1.56 bits per heavy atom. The summed E-state index contributed by atoms with van der Waals surface area (Å²) in [5.74, 6) is -1.12. The van der Waals surface area contributed by atoms with Crippen LogP contribution in [0.5, 0.6) is 0 Å². The third-order valence-corrected chi connectivity index (χ3v) is 1.27. The zero-order valence-electron chi connectivity index (χ0n) is 6.27. The van der Waals surface area contributed by atoms with Crippen LogP contribution >= 0.6 is 0 Å². The van der Waals surface area contributed by atoms with Crippen molar-refractivity contribution < 1.29 is 9.84 Å². The molecule has 0 heterocycles. The monoisotopic (exact) mass is 133 g/mol. The summed E-state index contributed by atoms with van der Waals surface area (Å²) < 4.78 is 4.77. The number of methoxy groups -OCH3 is 1. The van der Waals surface area contributed by atoms with E-state index in [4.69, 9.17) is 4.74 Å². The summed E-state index contributed by atoms with van der Waals surface area (Å²) >= 11 is 0. The number of nitrogens with one attached hydrogen (secondary N) is 1. The average molecular weight is 133 g/mol. The van der Waals surface area contributed by atoms with Crippen molar-refractivity contribution in [2.45, 2.75) is 26.2 Å². The van der Waals surface area contributed by atoms with Crippen molar-refractivity contribution in [2.75, 3.05) is 13.7 Å². The van der Waals surface area contributed by atoms with Gasteiger partial charge in [-0.2, -0.15) is 0 Å². The Hall–Kier alpha value is -0.120. The molecular weight excluding hydrogens is 118 g/mol. The van der Waals surface area contributed by atoms with Gasteiger partial charge in [0.05, 0.1) is 0 Å². The SMILES string of the molecule is CCNC(O)(CC)OC. The van der Waals surface area contributed by atoms with Gasteiger partial charge in [-0.05, 0) is 6.54 Å². The summed E-state index contributed by atoms with van der Waals surface area (Å²) in [7, 11) is 1.48. The van der Waals surface area contributed by atoms with Crippen molar-refractivity contribution in [3.05, 3.63) is 0 Å². The Labute approximate surface area is 56.0 Å². The van der Waals surface area contributed by atoms with E-state index in [1.54, 1.807) is 0 Å². The highest BCUT2D eigenvalue weighted by Crippen LogP contribution is 2.04. The van der Waals surface area contributed by atoms with Gasteiger partial charge in [0.15, 0.2) is 0 Å². The molecule has 0 aliphatic heterocycles. The second kappa shape index (κ2) is 3.82. The molecule has 56 valence electrons. The first-order valence-electron chi connectivity index (χ1n) is 3.21. The second-order valence-corrected chi connectivity index (χ2v) is 1.87. The molecule has 0 rings (SSSR count). The fraction of sp³-hybridized carbons (Fsp3) is 1.00. The Morgan fingerprint density at radius 2 is 2.11 bits per heavy atom. The van der Waals surface area contributed by atoms with Crippen LogP contribution in [0.25, 0.3) is 0 Å². The zero-order chi connectivity index (χ0) is 7.33. The van der Waals surface area contributed by atoms with Crippen LogP contribution in [0.4, 0.5) is 0 Å². The van der Waals surface area contributed by atoms with Gasteiger partial charge in [-0.25, -0.2) is 0 Å². The van der Waals surface area contributed by atoms with Crippen LogP contribution in [0.2, 0.25) is 0 Å². The smallest absolute Gasteiger partial charge is 0.224 e. The molecule has 0 fully saturated rings. The van der Waals surface area contributed by atoms with Crippen molar-refractivity contribution in [3.63, 3.8) is 0 Å². The van der Waals surface area contributed by atoms with Gasteiger partial charge < -0.3 is 9.84 Å². The van der Waals surface area contributed by atoms with Crippen molar-refractivity contribution in [1.29, 1.82) is 0 Å². The highest BCUT2D eigenvalue weighted by Gasteiger charge is 2.20. The molecule has 2 N–H and O–H groups in total. The van der Waals surface area contributed by atoms with Crippen molar-refractivity contribution in [3.8, 4) is 0 Å². The maximum Gasteiger partial charge on any atom is 0.224 e. The lowest BCUT2D eigenvalue weighted by atomic mass is 10.3. The van der Waals surface area contributed by atoms with Gasteiger partial charge in [0, 0.05) is 13.5 Å². The van der Waals surface area contributed by atoms with E-state index in [1.165, 1.54) is 7.11 Å². The lowest BCUT2D eigenvalue weighted by Gasteiger charge is -2.24. The van der Waals surface area contributed by atoms with E-state index in [0.717, 1.165) is 0 Å². The molecule has 0 radical (unpaired) electrons. The first-order valence-corrected chi connectivity index (χ1v) is 3.21. The maximum atomic E-state index is 9.30. The molecule has 3 nitrogen and oxygen atoms in total. The van der Waals surface area contributed by atoms with E-state index in [0.29, 0.717) is 13.0 Å². The molecule has 0 saturated heterocycles. The van der Waals surface area contributed by atoms with Gasteiger partial charge in [0.2, 0.25) is 5.91 Å². The molecule has 0 amide bonds. The predicted molar refractivity (Wildman–Crippen MR) is 35.9 cm³/mol. The summed E-state index contributed by atoms with van der Waals surface area (Å²) in [6, 6.07) is 0. The van der Waals surface area contributed by atoms with Crippen LogP contribution in [0, 0.1) is 0 Å². The molecule has 0 aliphatic carbocycles. The molecule has 0 aliphatic rings. The van der Waals surface area contributed by atoms with Crippen LogP contribution in [0.1, 0.15) is 20.3 Å². The van der Waals surface area contributed by atoms with Crippen LogP contribution in [-0.4, -0.2) is 24.7 Å². The van der Waals surface area contributed by atoms with Crippen molar-refractivity contribution in [2.24, 2.45) is 0 Å². The number of rotatable bonds is 4. The summed E-state index contributed by atoms with van der Waals surface area (Å²) in [5, 5.41) is 12.1. The molecule has 0 spiro atoms. The van der Waals surface area contributed by atoms with E-state index >= 15 is 0 Å². The van der Waals surface area contributed by atoms with E-state index in [2.05, 4.69) is 5.32 Å². The van der Waals surface area contributed by atoms with E-state index in [-0.39, 0.29) is 0 Å². The summed E-state index contributed by atoms with van der Waals surface area (Å²) in [6.07, 6.45) is 0.553. The molecule has 0 aromatic heterocycles. The summed E-state index contributed by atoms with van der Waals surface area (Å²) in [6.45, 7) is 4.48. The lowest BCUT2D eigenvalue weighted by Crippen LogP contribution is -2.46. The van der Waals surface area contributed by atoms with Crippen LogP contribution in [-0.2, 0) is 4.74 Å². The van der Waals surface area contributed by atoms with Gasteiger partial charge in [-0.3, -0.25) is 5.32 Å². The Kier molecular flexibility index (Phi) is 3.77. The summed E-state index contributed by atoms with van der Waals surface area (Å²) in [5.41, 5.74) is 0. The molecular formula is C6H15NO2. The minimum absolute atomic E-state index is 0.553. The Morgan fingerprint density at radius 3 is 2.22 bits per heavy atom. The molecule has 0 aromatic rings. The second-order valence-electron chi connectivity index (χ2n) is 1.87. The van der Waals surface area contributed by atoms with Gasteiger partial charge in [0.1, 0.15) is 0 Å². The first-order chi connectivity index (χ1) is 4.18.